The van der Waals surface area contributed by atoms with E-state index in [9.17, 15) is 9.90 Å². The molecule has 15 heavy (non-hydrogen) atoms. The van der Waals surface area contributed by atoms with Gasteiger partial charge in [0.25, 0.3) is 0 Å². The first-order valence-corrected chi connectivity index (χ1v) is 6.03. The summed E-state index contributed by atoms with van der Waals surface area (Å²) in [5.41, 5.74) is 0. The average Bonchev–Trinajstić information content (AvgIpc) is 2.43. The first kappa shape index (κ1) is 10.9. The number of amides is 1. The predicted octanol–water partition coefficient (Wildman–Crippen LogP) is 1.40. The molecule has 1 N–H and O–H groups in total. The van der Waals surface area contributed by atoms with Crippen molar-refractivity contribution >= 4 is 5.91 Å². The third kappa shape index (κ3) is 2.33. The largest absolute Gasteiger partial charge is 0.391 e. The minimum Gasteiger partial charge on any atom is -0.391 e. The Morgan fingerprint density at radius 2 is 1.80 bits per heavy atom. The van der Waals surface area contributed by atoms with Crippen molar-refractivity contribution in [2.45, 2.75) is 51.7 Å². The fourth-order valence-electron chi connectivity index (χ4n) is 3.22. The normalized spacial score (nSPS) is 42.3. The number of carbonyl (C=O) groups is 1. The lowest BCUT2D eigenvalue weighted by Crippen LogP contribution is -2.41. The van der Waals surface area contributed by atoms with Crippen LogP contribution in [0.4, 0.5) is 0 Å². The Hall–Kier alpha value is -0.570. The monoisotopic (exact) mass is 211 g/mol. The number of nitrogens with zero attached hydrogens (tertiary/aromatic N) is 1. The molecule has 3 unspecified atom stereocenters. The zero-order chi connectivity index (χ0) is 11.0. The summed E-state index contributed by atoms with van der Waals surface area (Å²) in [6.07, 6.45) is 3.41. The maximum atomic E-state index is 11.7. The molecule has 1 saturated carbocycles. The van der Waals surface area contributed by atoms with Crippen molar-refractivity contribution in [3.05, 3.63) is 0 Å². The van der Waals surface area contributed by atoms with Gasteiger partial charge in [0.15, 0.2) is 0 Å². The standard InChI is InChI=1S/C12H21NO2/c1-8-3-9(2)5-10(4-8)13-7-11(14)6-12(13)15/h8-11,14H,3-7H2,1-2H3. The van der Waals surface area contributed by atoms with E-state index in [1.165, 1.54) is 6.42 Å². The van der Waals surface area contributed by atoms with E-state index >= 15 is 0 Å². The van der Waals surface area contributed by atoms with Crippen LogP contribution < -0.4 is 0 Å². The fourth-order valence-corrected chi connectivity index (χ4v) is 3.22. The second-order valence-electron chi connectivity index (χ2n) is 5.48. The molecule has 0 bridgehead atoms. The van der Waals surface area contributed by atoms with Crippen LogP contribution in [0.5, 0.6) is 0 Å². The number of hydrogen-bond acceptors (Lipinski definition) is 2. The van der Waals surface area contributed by atoms with Crippen LogP contribution >= 0.6 is 0 Å². The molecule has 1 aliphatic carbocycles. The Morgan fingerprint density at radius 1 is 1.20 bits per heavy atom. The van der Waals surface area contributed by atoms with Crippen LogP contribution in [-0.2, 0) is 4.79 Å². The Morgan fingerprint density at radius 3 is 2.27 bits per heavy atom. The number of aliphatic hydroxyl groups excluding tert-OH is 1. The van der Waals surface area contributed by atoms with Crippen LogP contribution in [0.3, 0.4) is 0 Å². The summed E-state index contributed by atoms with van der Waals surface area (Å²) in [7, 11) is 0. The Bertz CT molecular complexity index is 244. The SMILES string of the molecule is CC1CC(C)CC(N2CC(O)CC2=O)C1. The molecule has 0 spiro atoms. The van der Waals surface area contributed by atoms with Gasteiger partial charge in [0.1, 0.15) is 0 Å². The fraction of sp³-hybridized carbons (Fsp3) is 0.917. The molecule has 2 fully saturated rings. The minimum atomic E-state index is -0.426. The first-order valence-electron chi connectivity index (χ1n) is 6.03. The summed E-state index contributed by atoms with van der Waals surface area (Å²) < 4.78 is 0. The molecule has 3 heteroatoms. The van der Waals surface area contributed by atoms with Crippen LogP contribution in [0.15, 0.2) is 0 Å². The quantitative estimate of drug-likeness (QED) is 0.712. The van der Waals surface area contributed by atoms with Crippen molar-refractivity contribution in [3.8, 4) is 0 Å². The van der Waals surface area contributed by atoms with E-state index in [4.69, 9.17) is 0 Å². The van der Waals surface area contributed by atoms with Crippen LogP contribution in [0.25, 0.3) is 0 Å². The Labute approximate surface area is 91.5 Å². The molecule has 0 aromatic rings. The van der Waals surface area contributed by atoms with Gasteiger partial charge in [-0.3, -0.25) is 4.79 Å². The second-order valence-corrected chi connectivity index (χ2v) is 5.48. The smallest absolute Gasteiger partial charge is 0.225 e. The molecule has 3 nitrogen and oxygen atoms in total. The third-order valence-corrected chi connectivity index (χ3v) is 3.73. The van der Waals surface area contributed by atoms with Crippen LogP contribution in [0.2, 0.25) is 0 Å². The molecule has 2 aliphatic rings. The highest BCUT2D eigenvalue weighted by Crippen LogP contribution is 2.33. The molecule has 86 valence electrons. The molecule has 2 rings (SSSR count). The van der Waals surface area contributed by atoms with Crippen molar-refractivity contribution < 1.29 is 9.90 Å². The maximum Gasteiger partial charge on any atom is 0.225 e. The van der Waals surface area contributed by atoms with Gasteiger partial charge in [-0.1, -0.05) is 13.8 Å². The van der Waals surface area contributed by atoms with E-state index in [2.05, 4.69) is 13.8 Å². The highest BCUT2D eigenvalue weighted by atomic mass is 16.3. The molecule has 3 atom stereocenters. The van der Waals surface area contributed by atoms with E-state index in [1.54, 1.807) is 0 Å². The van der Waals surface area contributed by atoms with Crippen molar-refractivity contribution in [3.63, 3.8) is 0 Å². The topological polar surface area (TPSA) is 40.5 Å². The molecular formula is C12H21NO2. The van der Waals surface area contributed by atoms with E-state index in [1.807, 2.05) is 4.90 Å². The summed E-state index contributed by atoms with van der Waals surface area (Å²) >= 11 is 0. The number of likely N-dealkylation sites (tertiary alicyclic amines) is 1. The first-order chi connectivity index (χ1) is 7.06. The molecule has 1 aliphatic heterocycles. The lowest BCUT2D eigenvalue weighted by molar-refractivity contribution is -0.130. The lowest BCUT2D eigenvalue weighted by Gasteiger charge is -2.37. The molecule has 0 radical (unpaired) electrons. The lowest BCUT2D eigenvalue weighted by atomic mass is 9.80. The van der Waals surface area contributed by atoms with E-state index in [0.29, 0.717) is 30.8 Å². The number of rotatable bonds is 1. The summed E-state index contributed by atoms with van der Waals surface area (Å²) in [5, 5.41) is 9.47. The van der Waals surface area contributed by atoms with E-state index in [-0.39, 0.29) is 5.91 Å². The highest BCUT2D eigenvalue weighted by Gasteiger charge is 2.36. The van der Waals surface area contributed by atoms with Crippen LogP contribution in [0, 0.1) is 11.8 Å². The molecule has 1 saturated heterocycles. The Kier molecular flexibility index (Phi) is 3.01. The van der Waals surface area contributed by atoms with Gasteiger partial charge in [-0.05, 0) is 31.1 Å². The minimum absolute atomic E-state index is 0.147. The second kappa shape index (κ2) is 4.12. The van der Waals surface area contributed by atoms with Crippen molar-refractivity contribution in [2.75, 3.05) is 6.54 Å². The van der Waals surface area contributed by atoms with Gasteiger partial charge in [0, 0.05) is 12.6 Å². The summed E-state index contributed by atoms with van der Waals surface area (Å²) in [5.74, 6) is 1.57. The average molecular weight is 211 g/mol. The van der Waals surface area contributed by atoms with E-state index in [0.717, 1.165) is 12.8 Å². The predicted molar refractivity (Wildman–Crippen MR) is 58.3 cm³/mol. The van der Waals surface area contributed by atoms with Gasteiger partial charge in [0.2, 0.25) is 5.91 Å². The summed E-state index contributed by atoms with van der Waals surface area (Å²) in [4.78, 5) is 13.6. The number of hydrogen-bond donors (Lipinski definition) is 1. The number of β-amino-alcohol motifs (C(OH)–C–C–N with tert-alkyl or cyclic N) is 1. The number of aliphatic hydroxyl groups is 1. The number of carbonyl (C=O) groups excluding carboxylic acids is 1. The van der Waals surface area contributed by atoms with Gasteiger partial charge in [0.05, 0.1) is 12.5 Å². The molecule has 1 amide bonds. The molecule has 0 aromatic carbocycles. The summed E-state index contributed by atoms with van der Waals surface area (Å²) in [6.45, 7) is 5.09. The zero-order valence-corrected chi connectivity index (χ0v) is 9.65. The van der Waals surface area contributed by atoms with Crippen LogP contribution in [0.1, 0.15) is 39.5 Å². The van der Waals surface area contributed by atoms with Gasteiger partial charge in [-0.2, -0.15) is 0 Å². The third-order valence-electron chi connectivity index (χ3n) is 3.73. The van der Waals surface area contributed by atoms with Crippen LogP contribution in [-0.4, -0.2) is 34.6 Å². The van der Waals surface area contributed by atoms with Crippen molar-refractivity contribution in [2.24, 2.45) is 11.8 Å². The van der Waals surface area contributed by atoms with Gasteiger partial charge >= 0.3 is 0 Å². The van der Waals surface area contributed by atoms with E-state index < -0.39 is 6.10 Å². The summed E-state index contributed by atoms with van der Waals surface area (Å²) in [6, 6.07) is 0.383. The van der Waals surface area contributed by atoms with Gasteiger partial charge < -0.3 is 10.0 Å². The van der Waals surface area contributed by atoms with Crippen molar-refractivity contribution in [1.82, 2.24) is 4.90 Å². The van der Waals surface area contributed by atoms with Gasteiger partial charge in [-0.15, -0.1) is 0 Å². The molecular weight excluding hydrogens is 190 g/mol. The Balaban J connectivity index is 2.00. The zero-order valence-electron chi connectivity index (χ0n) is 9.65. The molecule has 0 aromatic heterocycles. The molecule has 1 heterocycles. The van der Waals surface area contributed by atoms with Gasteiger partial charge in [-0.25, -0.2) is 0 Å². The maximum absolute atomic E-state index is 11.7. The van der Waals surface area contributed by atoms with Crippen molar-refractivity contribution in [1.29, 1.82) is 0 Å². The highest BCUT2D eigenvalue weighted by molar-refractivity contribution is 5.79.